The van der Waals surface area contributed by atoms with Gasteiger partial charge in [-0.2, -0.15) is 0 Å². The molecule has 3 aromatic rings. The number of hydrogen-bond donors (Lipinski definition) is 0. The number of aryl methyl sites for hydroxylation is 2. The zero-order chi connectivity index (χ0) is 23.8. The Kier molecular flexibility index (Phi) is 6.34. The van der Waals surface area contributed by atoms with Crippen LogP contribution in [0.5, 0.6) is 5.75 Å². The first-order valence-corrected chi connectivity index (χ1v) is 13.0. The summed E-state index contributed by atoms with van der Waals surface area (Å²) in [5.41, 5.74) is 2.19. The minimum atomic E-state index is 0.116. The molecule has 7 nitrogen and oxygen atoms in total. The van der Waals surface area contributed by atoms with Gasteiger partial charge in [-0.3, -0.25) is 4.79 Å². The molecule has 5 rings (SSSR count). The summed E-state index contributed by atoms with van der Waals surface area (Å²) in [6.07, 6.45) is 3.63. The van der Waals surface area contributed by atoms with Crippen LogP contribution in [0.2, 0.25) is 0 Å². The van der Waals surface area contributed by atoms with Crippen molar-refractivity contribution in [3.8, 4) is 5.75 Å². The molecule has 8 heteroatoms. The largest absolute Gasteiger partial charge is 0.497 e. The second kappa shape index (κ2) is 9.41. The molecule has 1 amide bonds. The van der Waals surface area contributed by atoms with Crippen molar-refractivity contribution in [1.29, 1.82) is 0 Å². The van der Waals surface area contributed by atoms with Crippen LogP contribution >= 0.6 is 11.3 Å². The van der Waals surface area contributed by atoms with E-state index in [4.69, 9.17) is 14.7 Å². The molecule has 0 N–H and O–H groups in total. The number of methoxy groups -OCH3 is 1. The molecule has 2 aliphatic rings. The van der Waals surface area contributed by atoms with Crippen molar-refractivity contribution in [1.82, 2.24) is 14.9 Å². The van der Waals surface area contributed by atoms with Crippen LogP contribution in [0.4, 0.5) is 11.5 Å². The van der Waals surface area contributed by atoms with E-state index in [0.29, 0.717) is 19.1 Å². The second-order valence-corrected chi connectivity index (χ2v) is 10.3. The Balaban J connectivity index is 1.37. The van der Waals surface area contributed by atoms with Crippen molar-refractivity contribution in [3.05, 3.63) is 40.5 Å². The fourth-order valence-corrected chi connectivity index (χ4v) is 6.34. The van der Waals surface area contributed by atoms with Gasteiger partial charge in [-0.1, -0.05) is 0 Å². The summed E-state index contributed by atoms with van der Waals surface area (Å²) in [7, 11) is 1.68. The highest BCUT2D eigenvalue weighted by Crippen LogP contribution is 2.38. The molecule has 0 saturated carbocycles. The zero-order valence-electron chi connectivity index (χ0n) is 20.5. The Morgan fingerprint density at radius 2 is 1.76 bits per heavy atom. The van der Waals surface area contributed by atoms with Crippen molar-refractivity contribution in [3.63, 3.8) is 0 Å². The van der Waals surface area contributed by atoms with E-state index in [1.54, 1.807) is 7.11 Å². The monoisotopic (exact) mass is 479 g/mol. The van der Waals surface area contributed by atoms with Gasteiger partial charge in [0.25, 0.3) is 5.91 Å². The third-order valence-electron chi connectivity index (χ3n) is 7.16. The molecule has 1 atom stereocenters. The lowest BCUT2D eigenvalue weighted by molar-refractivity contribution is 0.0751. The van der Waals surface area contributed by atoms with Gasteiger partial charge in [0.05, 0.1) is 17.4 Å². The predicted octanol–water partition coefficient (Wildman–Crippen LogP) is 4.66. The summed E-state index contributed by atoms with van der Waals surface area (Å²) in [6.45, 7) is 10.4. The number of hydrogen-bond acceptors (Lipinski definition) is 7. The number of anilines is 2. The summed E-state index contributed by atoms with van der Waals surface area (Å²) >= 11 is 1.52. The molecule has 2 fully saturated rings. The number of aromatic nitrogens is 2. The topological polar surface area (TPSA) is 61.8 Å². The average molecular weight is 480 g/mol. The standard InChI is InChI=1S/C26H33N5O2S/c1-17-7-5-6-12-31(17)24-22-18(2)23(34-25(22)28-19(3)27-24)26(32)30-15-13-29(14-16-30)20-8-10-21(33-4)11-9-20/h8-11,17H,5-7,12-16H2,1-4H3/t17-/m0/s1. The molecule has 2 aliphatic heterocycles. The number of carbonyl (C=O) groups excluding carboxylic acids is 1. The summed E-state index contributed by atoms with van der Waals surface area (Å²) < 4.78 is 5.27. The van der Waals surface area contributed by atoms with E-state index < -0.39 is 0 Å². The van der Waals surface area contributed by atoms with Crippen LogP contribution in [0.3, 0.4) is 0 Å². The van der Waals surface area contributed by atoms with Crippen LogP contribution in [0.15, 0.2) is 24.3 Å². The molecular formula is C26H33N5O2S. The number of carbonyl (C=O) groups is 1. The van der Waals surface area contributed by atoms with Crippen LogP contribution in [0.25, 0.3) is 10.2 Å². The van der Waals surface area contributed by atoms with E-state index in [0.717, 1.165) is 63.4 Å². The maximum absolute atomic E-state index is 13.6. The first-order chi connectivity index (χ1) is 16.5. The smallest absolute Gasteiger partial charge is 0.264 e. The van der Waals surface area contributed by atoms with Gasteiger partial charge in [0, 0.05) is 44.5 Å². The van der Waals surface area contributed by atoms with Crippen molar-refractivity contribution in [2.45, 2.75) is 46.1 Å². The summed E-state index contributed by atoms with van der Waals surface area (Å²) in [5, 5.41) is 1.06. The second-order valence-electron chi connectivity index (χ2n) is 9.35. The number of amides is 1. The molecule has 0 radical (unpaired) electrons. The van der Waals surface area contributed by atoms with Gasteiger partial charge in [-0.15, -0.1) is 11.3 Å². The van der Waals surface area contributed by atoms with Crippen LogP contribution in [-0.2, 0) is 0 Å². The highest BCUT2D eigenvalue weighted by Gasteiger charge is 2.29. The third-order valence-corrected chi connectivity index (χ3v) is 8.33. The molecule has 180 valence electrons. The quantitative estimate of drug-likeness (QED) is 0.543. The molecule has 1 aromatic carbocycles. The van der Waals surface area contributed by atoms with Gasteiger partial charge < -0.3 is 19.4 Å². The van der Waals surface area contributed by atoms with E-state index in [9.17, 15) is 4.79 Å². The SMILES string of the molecule is COc1ccc(N2CCN(C(=O)c3sc4nc(C)nc(N5CCCC[C@@H]5C)c4c3C)CC2)cc1. The zero-order valence-corrected chi connectivity index (χ0v) is 21.3. The highest BCUT2D eigenvalue weighted by molar-refractivity contribution is 7.20. The van der Waals surface area contributed by atoms with Crippen molar-refractivity contribution < 1.29 is 9.53 Å². The Labute approximate surface area is 205 Å². The van der Waals surface area contributed by atoms with Crippen LogP contribution in [0.1, 0.15) is 47.2 Å². The first kappa shape index (κ1) is 22.9. The van der Waals surface area contributed by atoms with E-state index >= 15 is 0 Å². The highest BCUT2D eigenvalue weighted by atomic mass is 32.1. The van der Waals surface area contributed by atoms with Gasteiger partial charge in [-0.05, 0) is 69.9 Å². The van der Waals surface area contributed by atoms with E-state index in [1.165, 1.54) is 30.6 Å². The Hall–Kier alpha value is -2.87. The van der Waals surface area contributed by atoms with Crippen LogP contribution < -0.4 is 14.5 Å². The molecule has 34 heavy (non-hydrogen) atoms. The molecule has 0 spiro atoms. The molecule has 4 heterocycles. The summed E-state index contributed by atoms with van der Waals surface area (Å²) in [4.78, 5) is 31.6. The fraction of sp³-hybridized carbons (Fsp3) is 0.500. The summed E-state index contributed by atoms with van der Waals surface area (Å²) in [5.74, 6) is 2.75. The molecule has 0 unspecified atom stereocenters. The predicted molar refractivity (Wildman–Crippen MR) is 139 cm³/mol. The molecule has 0 bridgehead atoms. The first-order valence-electron chi connectivity index (χ1n) is 12.2. The molecular weight excluding hydrogens is 446 g/mol. The minimum Gasteiger partial charge on any atom is -0.497 e. The number of piperidine rings is 1. The third kappa shape index (κ3) is 4.19. The number of rotatable bonds is 4. The number of piperazine rings is 1. The maximum atomic E-state index is 13.6. The Morgan fingerprint density at radius 3 is 2.44 bits per heavy atom. The van der Waals surface area contributed by atoms with Crippen molar-refractivity contribution in [2.75, 3.05) is 49.6 Å². The average Bonchev–Trinajstić information content (AvgIpc) is 3.19. The normalized spacial score (nSPS) is 19.1. The van der Waals surface area contributed by atoms with Crippen molar-refractivity contribution in [2.24, 2.45) is 0 Å². The molecule has 2 saturated heterocycles. The van der Waals surface area contributed by atoms with E-state index in [2.05, 4.69) is 35.8 Å². The van der Waals surface area contributed by atoms with Gasteiger partial charge in [0.15, 0.2) is 0 Å². The number of benzene rings is 1. The van der Waals surface area contributed by atoms with Gasteiger partial charge in [-0.25, -0.2) is 9.97 Å². The van der Waals surface area contributed by atoms with Crippen LogP contribution in [0, 0.1) is 13.8 Å². The Morgan fingerprint density at radius 1 is 1.03 bits per heavy atom. The maximum Gasteiger partial charge on any atom is 0.264 e. The number of nitrogens with zero attached hydrogens (tertiary/aromatic N) is 5. The van der Waals surface area contributed by atoms with Gasteiger partial charge in [0.2, 0.25) is 0 Å². The minimum absolute atomic E-state index is 0.116. The van der Waals surface area contributed by atoms with E-state index in [1.807, 2.05) is 24.0 Å². The van der Waals surface area contributed by atoms with E-state index in [-0.39, 0.29) is 5.91 Å². The Bertz CT molecular complexity index is 1180. The fourth-order valence-electron chi connectivity index (χ4n) is 5.15. The lowest BCUT2D eigenvalue weighted by atomic mass is 10.0. The van der Waals surface area contributed by atoms with Gasteiger partial charge in [0.1, 0.15) is 22.2 Å². The van der Waals surface area contributed by atoms with Gasteiger partial charge >= 0.3 is 0 Å². The molecule has 2 aromatic heterocycles. The summed E-state index contributed by atoms with van der Waals surface area (Å²) in [6, 6.07) is 8.58. The lowest BCUT2D eigenvalue weighted by Gasteiger charge is -2.36. The number of thiophene rings is 1. The molecule has 0 aliphatic carbocycles. The number of ether oxygens (including phenoxy) is 1. The van der Waals surface area contributed by atoms with Crippen LogP contribution in [-0.4, -0.2) is 66.7 Å². The number of fused-ring (bicyclic) bond motifs is 1. The lowest BCUT2D eigenvalue weighted by Crippen LogP contribution is -2.48. The van der Waals surface area contributed by atoms with Crippen molar-refractivity contribution >= 4 is 39.0 Å².